The quantitative estimate of drug-likeness (QED) is 0.605. The van der Waals surface area contributed by atoms with Crippen molar-refractivity contribution in [3.8, 4) is 0 Å². The van der Waals surface area contributed by atoms with E-state index in [1.807, 2.05) is 19.1 Å². The standard InChI is InChI=1S/C10H12N2O3/c1-7-3-4-8(2)9(5-7)12(11-15)6-10(13)14/h3-5H,6H2,1-2H3,(H,13,14). The van der Waals surface area contributed by atoms with E-state index in [1.165, 1.54) is 0 Å². The van der Waals surface area contributed by atoms with Crippen molar-refractivity contribution in [2.24, 2.45) is 5.29 Å². The maximum atomic E-state index is 10.5. The maximum Gasteiger partial charge on any atom is 0.325 e. The fourth-order valence-electron chi connectivity index (χ4n) is 1.28. The number of aryl methyl sites for hydroxylation is 2. The van der Waals surface area contributed by atoms with Gasteiger partial charge in [-0.1, -0.05) is 12.1 Å². The lowest BCUT2D eigenvalue weighted by Gasteiger charge is -2.15. The number of hydrogen-bond donors (Lipinski definition) is 1. The zero-order valence-corrected chi connectivity index (χ0v) is 8.60. The van der Waals surface area contributed by atoms with Gasteiger partial charge in [-0.2, -0.15) is 0 Å². The molecule has 0 amide bonds. The highest BCUT2D eigenvalue weighted by Crippen LogP contribution is 2.21. The molecule has 1 rings (SSSR count). The molecule has 0 heterocycles. The van der Waals surface area contributed by atoms with E-state index in [-0.39, 0.29) is 0 Å². The number of carboxylic acid groups (broad SMARTS) is 1. The molecule has 0 aliphatic heterocycles. The number of rotatable bonds is 4. The molecule has 1 aromatic rings. The Bertz CT molecular complexity index is 390. The molecule has 15 heavy (non-hydrogen) atoms. The SMILES string of the molecule is Cc1ccc(C)c(N(CC(=O)O)N=O)c1. The molecule has 0 aliphatic rings. The molecule has 0 bridgehead atoms. The third kappa shape index (κ3) is 2.77. The van der Waals surface area contributed by atoms with E-state index in [9.17, 15) is 9.70 Å². The highest BCUT2D eigenvalue weighted by atomic mass is 16.4. The van der Waals surface area contributed by atoms with Crippen LogP contribution in [0, 0.1) is 18.8 Å². The fourth-order valence-corrected chi connectivity index (χ4v) is 1.28. The lowest BCUT2D eigenvalue weighted by Crippen LogP contribution is -2.24. The number of hydrogen-bond acceptors (Lipinski definition) is 3. The predicted molar refractivity (Wildman–Crippen MR) is 56.7 cm³/mol. The van der Waals surface area contributed by atoms with Crippen molar-refractivity contribution < 1.29 is 9.90 Å². The summed E-state index contributed by atoms with van der Waals surface area (Å²) < 4.78 is 0. The molecule has 0 saturated carbocycles. The van der Waals surface area contributed by atoms with Gasteiger partial charge in [0.05, 0.1) is 11.0 Å². The van der Waals surface area contributed by atoms with Gasteiger partial charge in [0.25, 0.3) is 0 Å². The molecular weight excluding hydrogens is 196 g/mol. The average molecular weight is 208 g/mol. The van der Waals surface area contributed by atoms with Crippen LogP contribution in [0.15, 0.2) is 23.5 Å². The van der Waals surface area contributed by atoms with Crippen LogP contribution in [0.1, 0.15) is 11.1 Å². The molecule has 0 radical (unpaired) electrons. The number of anilines is 1. The number of aliphatic carboxylic acids is 1. The molecule has 0 spiro atoms. The molecule has 5 heteroatoms. The third-order valence-electron chi connectivity index (χ3n) is 2.03. The Balaban J connectivity index is 3.05. The van der Waals surface area contributed by atoms with Crippen LogP contribution in [0.25, 0.3) is 0 Å². The zero-order chi connectivity index (χ0) is 11.4. The molecule has 0 saturated heterocycles. The van der Waals surface area contributed by atoms with Crippen molar-refractivity contribution in [3.63, 3.8) is 0 Å². The first-order valence-electron chi connectivity index (χ1n) is 4.44. The molecule has 0 unspecified atom stereocenters. The molecular formula is C10H12N2O3. The van der Waals surface area contributed by atoms with E-state index < -0.39 is 12.5 Å². The Morgan fingerprint density at radius 2 is 2.13 bits per heavy atom. The average Bonchev–Trinajstić information content (AvgIpc) is 2.18. The topological polar surface area (TPSA) is 70.0 Å². The number of nitrogens with zero attached hydrogens (tertiary/aromatic N) is 2. The van der Waals surface area contributed by atoms with Gasteiger partial charge in [-0.05, 0) is 31.0 Å². The Kier molecular flexibility index (Phi) is 3.38. The second-order valence-electron chi connectivity index (χ2n) is 3.32. The molecule has 0 atom stereocenters. The first-order valence-corrected chi connectivity index (χ1v) is 4.44. The van der Waals surface area contributed by atoms with Crippen LogP contribution >= 0.6 is 0 Å². The molecule has 1 aromatic carbocycles. The minimum Gasteiger partial charge on any atom is -0.480 e. The summed E-state index contributed by atoms with van der Waals surface area (Å²) in [6, 6.07) is 5.45. The van der Waals surface area contributed by atoms with Crippen LogP contribution in [0.5, 0.6) is 0 Å². The van der Waals surface area contributed by atoms with Gasteiger partial charge in [0.15, 0.2) is 0 Å². The first-order chi connectivity index (χ1) is 7.04. The number of benzene rings is 1. The van der Waals surface area contributed by atoms with Crippen molar-refractivity contribution in [2.75, 3.05) is 11.6 Å². The molecule has 0 aliphatic carbocycles. The summed E-state index contributed by atoms with van der Waals surface area (Å²) in [7, 11) is 0. The Morgan fingerprint density at radius 1 is 1.47 bits per heavy atom. The van der Waals surface area contributed by atoms with Gasteiger partial charge in [0, 0.05) is 0 Å². The van der Waals surface area contributed by atoms with Gasteiger partial charge >= 0.3 is 5.97 Å². The first kappa shape index (κ1) is 11.2. The van der Waals surface area contributed by atoms with Gasteiger partial charge in [-0.25, -0.2) is 5.01 Å². The highest BCUT2D eigenvalue weighted by Gasteiger charge is 2.13. The normalized spacial score (nSPS) is 9.73. The maximum absolute atomic E-state index is 10.5. The van der Waals surface area contributed by atoms with Crippen molar-refractivity contribution >= 4 is 11.7 Å². The third-order valence-corrected chi connectivity index (χ3v) is 2.03. The Labute approximate surface area is 87.3 Å². The number of carboxylic acids is 1. The van der Waals surface area contributed by atoms with Crippen molar-refractivity contribution in [2.45, 2.75) is 13.8 Å². The lowest BCUT2D eigenvalue weighted by atomic mass is 10.1. The van der Waals surface area contributed by atoms with Gasteiger partial charge in [-0.3, -0.25) is 4.79 Å². The van der Waals surface area contributed by atoms with Gasteiger partial charge in [0.2, 0.25) is 0 Å². The van der Waals surface area contributed by atoms with Crippen LogP contribution in [0.4, 0.5) is 5.69 Å². The molecule has 1 N–H and O–H groups in total. The monoisotopic (exact) mass is 208 g/mol. The van der Waals surface area contributed by atoms with Crippen LogP contribution in [-0.4, -0.2) is 17.6 Å². The smallest absolute Gasteiger partial charge is 0.325 e. The van der Waals surface area contributed by atoms with E-state index in [2.05, 4.69) is 5.29 Å². The van der Waals surface area contributed by atoms with E-state index in [0.717, 1.165) is 16.1 Å². The lowest BCUT2D eigenvalue weighted by molar-refractivity contribution is -0.135. The van der Waals surface area contributed by atoms with Crippen LogP contribution < -0.4 is 5.01 Å². The summed E-state index contributed by atoms with van der Waals surface area (Å²) in [6.07, 6.45) is 0. The number of nitroso groups, excluding NO2 is 1. The summed E-state index contributed by atoms with van der Waals surface area (Å²) in [5.41, 5.74) is 2.31. The minimum atomic E-state index is -1.09. The van der Waals surface area contributed by atoms with Gasteiger partial charge < -0.3 is 5.11 Å². The second-order valence-corrected chi connectivity index (χ2v) is 3.32. The molecule has 0 fully saturated rings. The summed E-state index contributed by atoms with van der Waals surface area (Å²) in [5, 5.41) is 12.2. The van der Waals surface area contributed by atoms with Crippen LogP contribution in [-0.2, 0) is 4.79 Å². The number of carbonyl (C=O) groups is 1. The largest absolute Gasteiger partial charge is 0.480 e. The Morgan fingerprint density at radius 3 is 2.67 bits per heavy atom. The zero-order valence-electron chi connectivity index (χ0n) is 8.60. The second kappa shape index (κ2) is 4.54. The van der Waals surface area contributed by atoms with Gasteiger partial charge in [0.1, 0.15) is 6.54 Å². The predicted octanol–water partition coefficient (Wildman–Crippen LogP) is 1.88. The van der Waals surface area contributed by atoms with Crippen molar-refractivity contribution in [1.82, 2.24) is 0 Å². The summed E-state index contributed by atoms with van der Waals surface area (Å²) in [5.74, 6) is -1.09. The van der Waals surface area contributed by atoms with Crippen LogP contribution in [0.2, 0.25) is 0 Å². The van der Waals surface area contributed by atoms with E-state index in [1.54, 1.807) is 13.0 Å². The Hall–Kier alpha value is -1.91. The highest BCUT2D eigenvalue weighted by molar-refractivity contribution is 5.74. The molecule has 5 nitrogen and oxygen atoms in total. The minimum absolute atomic E-state index is 0.423. The summed E-state index contributed by atoms with van der Waals surface area (Å²) in [6.45, 7) is 3.25. The van der Waals surface area contributed by atoms with Gasteiger partial charge in [-0.15, -0.1) is 4.91 Å². The van der Waals surface area contributed by atoms with E-state index >= 15 is 0 Å². The summed E-state index contributed by atoms with van der Waals surface area (Å²) >= 11 is 0. The van der Waals surface area contributed by atoms with E-state index in [4.69, 9.17) is 5.11 Å². The molecule has 80 valence electrons. The van der Waals surface area contributed by atoms with E-state index in [0.29, 0.717) is 5.69 Å². The van der Waals surface area contributed by atoms with Crippen molar-refractivity contribution in [3.05, 3.63) is 34.2 Å². The molecule has 0 aromatic heterocycles. The van der Waals surface area contributed by atoms with Crippen LogP contribution in [0.3, 0.4) is 0 Å². The fraction of sp³-hybridized carbons (Fsp3) is 0.300. The van der Waals surface area contributed by atoms with Crippen molar-refractivity contribution in [1.29, 1.82) is 0 Å². The summed E-state index contributed by atoms with van der Waals surface area (Å²) in [4.78, 5) is 21.0.